The number of fused-ring (bicyclic) bond motifs is 2. The highest BCUT2D eigenvalue weighted by Crippen LogP contribution is 2.38. The molecule has 0 aliphatic carbocycles. The van der Waals surface area contributed by atoms with E-state index < -0.39 is 0 Å². The van der Waals surface area contributed by atoms with Gasteiger partial charge in [0.1, 0.15) is 11.9 Å². The van der Waals surface area contributed by atoms with Crippen molar-refractivity contribution in [2.45, 2.75) is 43.9 Å². The topological polar surface area (TPSA) is 55.6 Å². The van der Waals surface area contributed by atoms with Gasteiger partial charge in [-0.1, -0.05) is 0 Å². The van der Waals surface area contributed by atoms with Crippen molar-refractivity contribution < 1.29 is 13.9 Å². The Hall–Kier alpha value is -2.30. The number of carbonyl (C=O) groups is 1. The van der Waals surface area contributed by atoms with Crippen LogP contribution in [0.1, 0.15) is 36.2 Å². The van der Waals surface area contributed by atoms with Crippen LogP contribution in [0.3, 0.4) is 0 Å². The van der Waals surface area contributed by atoms with Crippen molar-refractivity contribution in [1.82, 2.24) is 9.88 Å². The second-order valence-corrected chi connectivity index (χ2v) is 5.97. The number of hydrogen-bond acceptors (Lipinski definition) is 4. The largest absolute Gasteiger partial charge is 0.489 e. The predicted octanol–water partition coefficient (Wildman–Crippen LogP) is 2.89. The molecule has 0 N–H and O–H groups in total. The van der Waals surface area contributed by atoms with E-state index in [2.05, 4.69) is 4.98 Å². The molecule has 0 aromatic carbocycles. The maximum Gasteiger partial charge on any atom is 0.290 e. The molecule has 2 atom stereocenters. The summed E-state index contributed by atoms with van der Waals surface area (Å²) in [5, 5.41) is 0. The molecule has 5 heteroatoms. The highest BCUT2D eigenvalue weighted by molar-refractivity contribution is 5.92. The van der Waals surface area contributed by atoms with E-state index in [-0.39, 0.29) is 24.1 Å². The first-order chi connectivity index (χ1) is 10.8. The van der Waals surface area contributed by atoms with E-state index in [0.29, 0.717) is 5.76 Å². The fraction of sp³-hybridized carbons (Fsp3) is 0.412. The van der Waals surface area contributed by atoms with Gasteiger partial charge in [0.15, 0.2) is 5.76 Å². The molecule has 0 saturated carbocycles. The summed E-state index contributed by atoms with van der Waals surface area (Å²) in [4.78, 5) is 18.6. The molecule has 22 heavy (non-hydrogen) atoms. The van der Waals surface area contributed by atoms with Gasteiger partial charge in [-0.15, -0.1) is 0 Å². The highest BCUT2D eigenvalue weighted by atomic mass is 16.5. The Morgan fingerprint density at radius 3 is 2.68 bits per heavy atom. The van der Waals surface area contributed by atoms with Gasteiger partial charge in [0.2, 0.25) is 0 Å². The maximum absolute atomic E-state index is 12.6. The van der Waals surface area contributed by atoms with E-state index >= 15 is 0 Å². The molecule has 4 heterocycles. The van der Waals surface area contributed by atoms with Crippen LogP contribution in [0.25, 0.3) is 0 Å². The first-order valence-electron chi connectivity index (χ1n) is 7.74. The fourth-order valence-electron chi connectivity index (χ4n) is 3.69. The van der Waals surface area contributed by atoms with E-state index in [4.69, 9.17) is 9.15 Å². The van der Waals surface area contributed by atoms with Crippen molar-refractivity contribution >= 4 is 5.91 Å². The van der Waals surface area contributed by atoms with Crippen LogP contribution in [-0.4, -0.2) is 34.0 Å². The van der Waals surface area contributed by atoms with Crippen LogP contribution in [0.15, 0.2) is 47.3 Å². The minimum atomic E-state index is 0.0114. The minimum Gasteiger partial charge on any atom is -0.489 e. The summed E-state index contributed by atoms with van der Waals surface area (Å²) < 4.78 is 11.3. The van der Waals surface area contributed by atoms with E-state index in [0.717, 1.165) is 31.4 Å². The maximum atomic E-state index is 12.6. The summed E-state index contributed by atoms with van der Waals surface area (Å²) in [5.41, 5.74) is 0. The Labute approximate surface area is 128 Å². The molecule has 2 aliphatic rings. The van der Waals surface area contributed by atoms with Gasteiger partial charge >= 0.3 is 0 Å². The third-order valence-corrected chi connectivity index (χ3v) is 4.59. The molecule has 2 aliphatic heterocycles. The third kappa shape index (κ3) is 2.36. The van der Waals surface area contributed by atoms with Gasteiger partial charge in [-0.2, -0.15) is 0 Å². The normalized spacial score (nSPS) is 26.9. The number of pyridine rings is 1. The van der Waals surface area contributed by atoms with Crippen molar-refractivity contribution in [3.8, 4) is 5.75 Å². The second-order valence-electron chi connectivity index (χ2n) is 5.97. The molecule has 2 fully saturated rings. The van der Waals surface area contributed by atoms with E-state index in [1.807, 2.05) is 17.0 Å². The number of amides is 1. The summed E-state index contributed by atoms with van der Waals surface area (Å²) in [6.07, 6.45) is 9.02. The van der Waals surface area contributed by atoms with E-state index in [9.17, 15) is 4.79 Å². The van der Waals surface area contributed by atoms with Crippen molar-refractivity contribution in [3.05, 3.63) is 48.7 Å². The first kappa shape index (κ1) is 13.4. The van der Waals surface area contributed by atoms with Gasteiger partial charge in [-0.3, -0.25) is 9.78 Å². The van der Waals surface area contributed by atoms with Crippen molar-refractivity contribution in [2.24, 2.45) is 0 Å². The molecule has 2 aromatic heterocycles. The lowest BCUT2D eigenvalue weighted by Crippen LogP contribution is -2.49. The first-order valence-corrected chi connectivity index (χ1v) is 7.74. The quantitative estimate of drug-likeness (QED) is 0.874. The number of nitrogens with zero attached hydrogens (tertiary/aromatic N) is 2. The van der Waals surface area contributed by atoms with Gasteiger partial charge in [0.05, 0.1) is 12.5 Å². The number of furan rings is 1. The van der Waals surface area contributed by atoms with Gasteiger partial charge < -0.3 is 14.1 Å². The van der Waals surface area contributed by atoms with Crippen LogP contribution in [0.2, 0.25) is 0 Å². The lowest BCUT2D eigenvalue weighted by atomic mass is 9.99. The van der Waals surface area contributed by atoms with Crippen LogP contribution in [-0.2, 0) is 0 Å². The number of piperidine rings is 1. The predicted molar refractivity (Wildman–Crippen MR) is 79.6 cm³/mol. The molecule has 114 valence electrons. The zero-order chi connectivity index (χ0) is 14.9. The smallest absolute Gasteiger partial charge is 0.290 e. The monoisotopic (exact) mass is 298 g/mol. The van der Waals surface area contributed by atoms with Gasteiger partial charge in [0.25, 0.3) is 5.91 Å². The van der Waals surface area contributed by atoms with Crippen LogP contribution in [0, 0.1) is 0 Å². The summed E-state index contributed by atoms with van der Waals surface area (Å²) >= 11 is 0. The Bertz CT molecular complexity index is 627. The summed E-state index contributed by atoms with van der Waals surface area (Å²) in [6.45, 7) is 0. The molecule has 1 amide bonds. The molecule has 2 aromatic rings. The molecule has 5 nitrogen and oxygen atoms in total. The highest BCUT2D eigenvalue weighted by Gasteiger charge is 2.44. The molecular weight excluding hydrogens is 280 g/mol. The molecule has 0 unspecified atom stereocenters. The standard InChI is InChI=1S/C17H18N2O3/c20-17(16-4-2-8-21-16)19-12-5-6-13(19)10-15(9-12)22-14-3-1-7-18-11-14/h1-4,7-8,11-13,15H,5-6,9-10H2/t12-,13-/m0/s1. The Kier molecular flexibility index (Phi) is 3.33. The van der Waals surface area contributed by atoms with E-state index in [1.165, 1.54) is 0 Å². The fourth-order valence-corrected chi connectivity index (χ4v) is 3.69. The third-order valence-electron chi connectivity index (χ3n) is 4.59. The van der Waals surface area contributed by atoms with Crippen LogP contribution in [0.5, 0.6) is 5.75 Å². The van der Waals surface area contributed by atoms with Crippen molar-refractivity contribution in [3.63, 3.8) is 0 Å². The van der Waals surface area contributed by atoms with Gasteiger partial charge in [0, 0.05) is 31.1 Å². The summed E-state index contributed by atoms with van der Waals surface area (Å²) in [5.74, 6) is 1.25. The average molecular weight is 298 g/mol. The average Bonchev–Trinajstić information content (AvgIpc) is 3.15. The summed E-state index contributed by atoms with van der Waals surface area (Å²) in [7, 11) is 0. The number of hydrogen-bond donors (Lipinski definition) is 0. The van der Waals surface area contributed by atoms with E-state index in [1.54, 1.807) is 30.8 Å². The van der Waals surface area contributed by atoms with Crippen molar-refractivity contribution in [2.75, 3.05) is 0 Å². The zero-order valence-corrected chi connectivity index (χ0v) is 12.2. The minimum absolute atomic E-state index is 0.0114. The van der Waals surface area contributed by atoms with Gasteiger partial charge in [-0.25, -0.2) is 0 Å². The molecule has 0 radical (unpaired) electrons. The summed E-state index contributed by atoms with van der Waals surface area (Å²) in [6, 6.07) is 7.79. The zero-order valence-electron chi connectivity index (χ0n) is 12.2. The Morgan fingerprint density at radius 1 is 1.23 bits per heavy atom. The molecule has 4 rings (SSSR count). The van der Waals surface area contributed by atoms with Crippen LogP contribution >= 0.6 is 0 Å². The lowest BCUT2D eigenvalue weighted by molar-refractivity contribution is 0.0333. The van der Waals surface area contributed by atoms with Gasteiger partial charge in [-0.05, 0) is 37.1 Å². The number of carbonyl (C=O) groups excluding carboxylic acids is 1. The Morgan fingerprint density at radius 2 is 2.05 bits per heavy atom. The number of ether oxygens (including phenoxy) is 1. The SMILES string of the molecule is O=C(c1ccco1)N1[C@H]2CC[C@H]1CC(Oc1cccnc1)C2. The molecule has 2 saturated heterocycles. The van der Waals surface area contributed by atoms with Crippen LogP contribution < -0.4 is 4.74 Å². The molecular formula is C17H18N2O3. The Balaban J connectivity index is 1.47. The second kappa shape index (κ2) is 5.48. The molecule has 0 spiro atoms. The molecule has 2 bridgehead atoms. The van der Waals surface area contributed by atoms with Crippen molar-refractivity contribution in [1.29, 1.82) is 0 Å². The number of rotatable bonds is 3. The lowest BCUT2D eigenvalue weighted by Gasteiger charge is -2.38. The van der Waals surface area contributed by atoms with Crippen LogP contribution in [0.4, 0.5) is 0 Å². The number of aromatic nitrogens is 1.